The van der Waals surface area contributed by atoms with Gasteiger partial charge in [-0.3, -0.25) is 0 Å². The van der Waals surface area contributed by atoms with Gasteiger partial charge in [-0.15, -0.1) is 12.4 Å². The standard InChI is InChI=1S/C20H14F3N3.C19H14ClN3.ClH/c21-20(22,23)16-8-6-14(7-9-16)12-26-11-10-17-18(13-26)25-19(24-17)15-4-2-1-3-5-15;20-16-8-6-14(7-9-16)12-23-11-10-17-18(13-23)22-19(21-17)15-4-2-1-3-5-15;/h1-11,13H,12H2;1-11,13H,12H2;1H. The zero-order chi connectivity index (χ0) is 33.8. The number of alkyl halides is 3. The number of benzene rings is 4. The summed E-state index contributed by atoms with van der Waals surface area (Å²) < 4.78 is 41.9. The molecule has 0 spiro atoms. The molecule has 0 saturated carbocycles. The fraction of sp³-hybridized carbons (Fsp3) is 0.0769. The van der Waals surface area contributed by atoms with Crippen LogP contribution in [0.4, 0.5) is 13.2 Å². The SMILES string of the molecule is Cl.Clc1ccc(Cn2ccc3nc(-c4ccccc4)nc-3c2)cc1.FC(F)(F)c1ccc(Cn2ccc3nc(-c4ccccc4)nc-3c2)cc1. The molecule has 4 aliphatic heterocycles. The fourth-order valence-electron chi connectivity index (χ4n) is 5.34. The highest BCUT2D eigenvalue weighted by Gasteiger charge is 2.29. The van der Waals surface area contributed by atoms with E-state index in [2.05, 4.69) is 24.5 Å². The van der Waals surface area contributed by atoms with Crippen molar-refractivity contribution >= 4 is 24.0 Å². The highest BCUT2D eigenvalue weighted by Crippen LogP contribution is 2.30. The Hall–Kier alpha value is -5.51. The Bertz CT molecular complexity index is 2220. The lowest BCUT2D eigenvalue weighted by Gasteiger charge is -2.10. The monoisotopic (exact) mass is 708 g/mol. The summed E-state index contributed by atoms with van der Waals surface area (Å²) in [5, 5.41) is 0.753. The lowest BCUT2D eigenvalue weighted by molar-refractivity contribution is -0.137. The van der Waals surface area contributed by atoms with Gasteiger partial charge >= 0.3 is 6.18 Å². The molecule has 0 saturated heterocycles. The fourth-order valence-corrected chi connectivity index (χ4v) is 5.47. The number of imidazole rings is 2. The van der Waals surface area contributed by atoms with Gasteiger partial charge in [0.15, 0.2) is 11.6 Å². The molecule has 0 N–H and O–H groups in total. The predicted molar refractivity (Wildman–Crippen MR) is 193 cm³/mol. The normalized spacial score (nSPS) is 11.2. The number of pyridine rings is 2. The first kappa shape index (κ1) is 34.4. The third-order valence-corrected chi connectivity index (χ3v) is 8.10. The van der Waals surface area contributed by atoms with Crippen LogP contribution in [0.5, 0.6) is 0 Å². The molecule has 50 heavy (non-hydrogen) atoms. The maximum atomic E-state index is 12.6. The van der Waals surface area contributed by atoms with Gasteiger partial charge in [0, 0.05) is 54.0 Å². The number of aromatic nitrogens is 6. The van der Waals surface area contributed by atoms with E-state index in [0.717, 1.165) is 69.0 Å². The summed E-state index contributed by atoms with van der Waals surface area (Å²) in [6.45, 7) is 1.24. The molecule has 0 atom stereocenters. The minimum atomic E-state index is -4.32. The average molecular weight is 710 g/mol. The van der Waals surface area contributed by atoms with Gasteiger partial charge < -0.3 is 9.13 Å². The van der Waals surface area contributed by atoms with Crippen molar-refractivity contribution in [3.05, 3.63) is 168 Å². The lowest BCUT2D eigenvalue weighted by Crippen LogP contribution is -2.05. The second kappa shape index (κ2) is 14.9. The van der Waals surface area contributed by atoms with Gasteiger partial charge in [0.05, 0.1) is 17.0 Å². The van der Waals surface area contributed by atoms with Crippen molar-refractivity contribution in [2.75, 3.05) is 0 Å². The zero-order valence-electron chi connectivity index (χ0n) is 26.4. The van der Waals surface area contributed by atoms with E-state index in [-0.39, 0.29) is 12.4 Å². The summed E-state index contributed by atoms with van der Waals surface area (Å²) >= 11 is 5.93. The first-order valence-corrected chi connectivity index (χ1v) is 15.8. The summed E-state index contributed by atoms with van der Waals surface area (Å²) in [6, 6.07) is 36.7. The minimum absolute atomic E-state index is 0. The second-order valence-electron chi connectivity index (χ2n) is 11.4. The van der Waals surface area contributed by atoms with Gasteiger partial charge in [-0.25, -0.2) is 19.9 Å². The van der Waals surface area contributed by atoms with Crippen molar-refractivity contribution in [3.8, 4) is 45.6 Å². The topological polar surface area (TPSA) is 61.4 Å². The Morgan fingerprint density at radius 3 is 1.32 bits per heavy atom. The van der Waals surface area contributed by atoms with Crippen molar-refractivity contribution in [3.63, 3.8) is 0 Å². The first-order chi connectivity index (χ1) is 23.8. The summed E-state index contributed by atoms with van der Waals surface area (Å²) in [5.41, 5.74) is 6.66. The van der Waals surface area contributed by atoms with Crippen LogP contribution in [0.3, 0.4) is 0 Å². The van der Waals surface area contributed by atoms with Crippen LogP contribution in [0.25, 0.3) is 45.6 Å². The molecule has 0 aliphatic carbocycles. The highest BCUT2D eigenvalue weighted by atomic mass is 35.5. The van der Waals surface area contributed by atoms with Crippen LogP contribution in [-0.4, -0.2) is 29.1 Å². The van der Waals surface area contributed by atoms with Crippen molar-refractivity contribution in [1.29, 1.82) is 0 Å². The molecule has 0 fully saturated rings. The molecule has 0 amide bonds. The molecule has 0 unspecified atom stereocenters. The van der Waals surface area contributed by atoms with Gasteiger partial charge in [0.2, 0.25) is 0 Å². The number of hydrogen-bond acceptors (Lipinski definition) is 4. The number of rotatable bonds is 6. The molecule has 4 heterocycles. The largest absolute Gasteiger partial charge is 0.416 e. The molecule has 250 valence electrons. The van der Waals surface area contributed by atoms with Crippen LogP contribution in [0, 0.1) is 0 Å². The van der Waals surface area contributed by atoms with E-state index in [4.69, 9.17) is 11.6 Å². The van der Waals surface area contributed by atoms with Gasteiger partial charge in [0.25, 0.3) is 0 Å². The van der Waals surface area contributed by atoms with Crippen molar-refractivity contribution in [2.24, 2.45) is 0 Å². The average Bonchev–Trinajstić information content (AvgIpc) is 3.75. The van der Waals surface area contributed by atoms with E-state index in [1.807, 2.05) is 126 Å². The minimum Gasteiger partial charge on any atom is -0.348 e. The molecule has 4 aromatic rings. The van der Waals surface area contributed by atoms with Gasteiger partial charge in [-0.05, 0) is 47.5 Å². The van der Waals surface area contributed by atoms with Crippen LogP contribution >= 0.6 is 24.0 Å². The van der Waals surface area contributed by atoms with E-state index < -0.39 is 11.7 Å². The Balaban J connectivity index is 0.000000171. The maximum absolute atomic E-state index is 12.6. The molecule has 0 radical (unpaired) electrons. The number of halogens is 5. The smallest absolute Gasteiger partial charge is 0.348 e. The molecule has 0 aromatic heterocycles. The van der Waals surface area contributed by atoms with Crippen LogP contribution in [0.1, 0.15) is 16.7 Å². The number of hydrogen-bond donors (Lipinski definition) is 0. The molecule has 4 aliphatic rings. The first-order valence-electron chi connectivity index (χ1n) is 15.5. The van der Waals surface area contributed by atoms with Crippen molar-refractivity contribution in [2.45, 2.75) is 19.3 Å². The quantitative estimate of drug-likeness (QED) is 0.172. The summed E-state index contributed by atoms with van der Waals surface area (Å²) in [6.07, 6.45) is 3.45. The maximum Gasteiger partial charge on any atom is 0.416 e. The number of fused-ring (bicyclic) bond motifs is 2. The van der Waals surface area contributed by atoms with Crippen molar-refractivity contribution in [1.82, 2.24) is 29.1 Å². The molecule has 11 heteroatoms. The predicted octanol–water partition coefficient (Wildman–Crippen LogP) is 10.3. The summed E-state index contributed by atoms with van der Waals surface area (Å²) in [7, 11) is 0. The van der Waals surface area contributed by atoms with Crippen molar-refractivity contribution < 1.29 is 13.2 Å². The van der Waals surface area contributed by atoms with Crippen LogP contribution < -0.4 is 0 Å². The van der Waals surface area contributed by atoms with Crippen LogP contribution in [0.2, 0.25) is 5.02 Å². The Labute approximate surface area is 298 Å². The third-order valence-electron chi connectivity index (χ3n) is 7.84. The Kier molecular flexibility index (Phi) is 10.3. The summed E-state index contributed by atoms with van der Waals surface area (Å²) in [5.74, 6) is 1.43. The second-order valence-corrected chi connectivity index (χ2v) is 11.9. The molecule has 6 nitrogen and oxygen atoms in total. The Morgan fingerprint density at radius 1 is 0.500 bits per heavy atom. The Morgan fingerprint density at radius 2 is 0.900 bits per heavy atom. The van der Waals surface area contributed by atoms with Gasteiger partial charge in [0.1, 0.15) is 11.4 Å². The van der Waals surface area contributed by atoms with E-state index in [9.17, 15) is 13.2 Å². The molecular weight excluding hydrogens is 680 g/mol. The highest BCUT2D eigenvalue weighted by molar-refractivity contribution is 6.30. The molecule has 4 aromatic carbocycles. The lowest BCUT2D eigenvalue weighted by atomic mass is 10.1. The molecule has 8 rings (SSSR count). The van der Waals surface area contributed by atoms with E-state index in [0.29, 0.717) is 12.4 Å². The van der Waals surface area contributed by atoms with E-state index in [1.165, 1.54) is 17.7 Å². The number of nitrogens with zero attached hydrogens (tertiary/aromatic N) is 6. The van der Waals surface area contributed by atoms with E-state index in [1.54, 1.807) is 0 Å². The third kappa shape index (κ3) is 8.19. The molecule has 0 bridgehead atoms. The van der Waals surface area contributed by atoms with E-state index >= 15 is 0 Å². The van der Waals surface area contributed by atoms with Crippen LogP contribution in [0.15, 0.2) is 146 Å². The van der Waals surface area contributed by atoms with Crippen LogP contribution in [-0.2, 0) is 19.3 Å². The summed E-state index contributed by atoms with van der Waals surface area (Å²) in [4.78, 5) is 18.3. The molecular formula is C39H29Cl2F3N6. The van der Waals surface area contributed by atoms with Gasteiger partial charge in [-0.1, -0.05) is 96.5 Å². The zero-order valence-corrected chi connectivity index (χ0v) is 27.9. The van der Waals surface area contributed by atoms with Gasteiger partial charge in [-0.2, -0.15) is 13.2 Å².